The van der Waals surface area contributed by atoms with E-state index in [1.807, 2.05) is 30.9 Å². The molecule has 0 aliphatic heterocycles. The maximum atomic E-state index is 14.0. The van der Waals surface area contributed by atoms with E-state index in [2.05, 4.69) is 10.3 Å². The van der Waals surface area contributed by atoms with Crippen molar-refractivity contribution in [1.29, 1.82) is 0 Å². The van der Waals surface area contributed by atoms with Crippen LogP contribution in [0.1, 0.15) is 25.5 Å². The Labute approximate surface area is 140 Å². The average molecular weight is 331 g/mol. The lowest BCUT2D eigenvalue weighted by molar-refractivity contribution is -0.139. The Balaban J connectivity index is 1.71. The minimum atomic E-state index is -0.792. The first-order chi connectivity index (χ1) is 11.5. The highest BCUT2D eigenvalue weighted by molar-refractivity contribution is 5.92. The average Bonchev–Trinajstić information content (AvgIpc) is 2.49. The SMILES string of the molecule is CCN(CC(=O)O)C1CC(Nc2cc(C)nc3c(F)cccc23)C1. The molecule has 2 aromatic rings. The van der Waals surface area contributed by atoms with Gasteiger partial charge in [-0.1, -0.05) is 19.1 Å². The first-order valence-corrected chi connectivity index (χ1v) is 8.26. The van der Waals surface area contributed by atoms with Crippen molar-refractivity contribution < 1.29 is 14.3 Å². The molecule has 0 radical (unpaired) electrons. The highest BCUT2D eigenvalue weighted by Gasteiger charge is 2.34. The molecule has 128 valence electrons. The minimum Gasteiger partial charge on any atom is -0.480 e. The van der Waals surface area contributed by atoms with Gasteiger partial charge in [-0.2, -0.15) is 0 Å². The summed E-state index contributed by atoms with van der Waals surface area (Å²) >= 11 is 0. The third-order valence-corrected chi connectivity index (χ3v) is 4.65. The summed E-state index contributed by atoms with van der Waals surface area (Å²) in [7, 11) is 0. The fourth-order valence-electron chi connectivity index (χ4n) is 3.36. The van der Waals surface area contributed by atoms with Crippen LogP contribution >= 0.6 is 0 Å². The molecule has 1 saturated carbocycles. The molecule has 0 spiro atoms. The number of hydrogen-bond acceptors (Lipinski definition) is 4. The first-order valence-electron chi connectivity index (χ1n) is 8.26. The zero-order valence-electron chi connectivity index (χ0n) is 13.9. The third-order valence-electron chi connectivity index (χ3n) is 4.65. The number of nitrogens with zero attached hydrogens (tertiary/aromatic N) is 2. The van der Waals surface area contributed by atoms with E-state index in [1.165, 1.54) is 6.07 Å². The summed E-state index contributed by atoms with van der Waals surface area (Å²) in [6.07, 6.45) is 1.78. The van der Waals surface area contributed by atoms with Crippen molar-refractivity contribution >= 4 is 22.6 Å². The van der Waals surface area contributed by atoms with E-state index in [9.17, 15) is 9.18 Å². The Bertz CT molecular complexity index is 759. The molecule has 0 amide bonds. The number of aromatic nitrogens is 1. The number of hydrogen-bond donors (Lipinski definition) is 2. The van der Waals surface area contributed by atoms with E-state index < -0.39 is 5.97 Å². The molecule has 2 N–H and O–H groups in total. The van der Waals surface area contributed by atoms with Gasteiger partial charge in [0, 0.05) is 28.9 Å². The molecule has 5 nitrogen and oxygen atoms in total. The quantitative estimate of drug-likeness (QED) is 0.852. The molecule has 24 heavy (non-hydrogen) atoms. The predicted molar refractivity (Wildman–Crippen MR) is 91.8 cm³/mol. The molecule has 6 heteroatoms. The second kappa shape index (κ2) is 6.73. The number of benzene rings is 1. The van der Waals surface area contributed by atoms with Crippen molar-refractivity contribution in [2.24, 2.45) is 0 Å². The number of aliphatic carboxylic acids is 1. The van der Waals surface area contributed by atoms with Crippen LogP contribution < -0.4 is 5.32 Å². The van der Waals surface area contributed by atoms with Crippen molar-refractivity contribution in [3.8, 4) is 0 Å². The maximum Gasteiger partial charge on any atom is 0.317 e. The van der Waals surface area contributed by atoms with Crippen LogP contribution in [0.4, 0.5) is 10.1 Å². The number of likely N-dealkylation sites (N-methyl/N-ethyl adjacent to an activating group) is 1. The second-order valence-corrected chi connectivity index (χ2v) is 6.37. The maximum absolute atomic E-state index is 14.0. The number of para-hydroxylation sites is 1. The molecule has 0 bridgehead atoms. The Morgan fingerprint density at radius 2 is 2.21 bits per heavy atom. The lowest BCUT2D eigenvalue weighted by atomic mass is 9.85. The Morgan fingerprint density at radius 3 is 2.88 bits per heavy atom. The van der Waals surface area contributed by atoms with Crippen LogP contribution in [0.3, 0.4) is 0 Å². The van der Waals surface area contributed by atoms with E-state index in [0.717, 1.165) is 36.2 Å². The Morgan fingerprint density at radius 1 is 1.46 bits per heavy atom. The number of nitrogens with one attached hydrogen (secondary N) is 1. The van der Waals surface area contributed by atoms with Crippen molar-refractivity contribution in [2.45, 2.75) is 38.8 Å². The molecule has 3 rings (SSSR count). The normalized spacial score (nSPS) is 20.2. The van der Waals surface area contributed by atoms with Gasteiger partial charge in [0.05, 0.1) is 6.54 Å². The van der Waals surface area contributed by atoms with Gasteiger partial charge in [-0.3, -0.25) is 9.69 Å². The standard InChI is InChI=1S/C18H22FN3O2/c1-3-22(10-17(23)24)13-8-12(9-13)21-16-7-11(2)20-18-14(16)5-4-6-15(18)19/h4-7,12-13H,3,8-10H2,1-2H3,(H,20,21)(H,23,24). The minimum absolute atomic E-state index is 0.0798. The summed E-state index contributed by atoms with van der Waals surface area (Å²) in [6, 6.07) is 7.47. The molecule has 1 aliphatic carbocycles. The van der Waals surface area contributed by atoms with E-state index in [4.69, 9.17) is 5.11 Å². The van der Waals surface area contributed by atoms with Crippen LogP contribution in [-0.2, 0) is 4.79 Å². The molecule has 1 aliphatic rings. The van der Waals surface area contributed by atoms with Crippen molar-refractivity contribution in [3.63, 3.8) is 0 Å². The zero-order chi connectivity index (χ0) is 17.3. The topological polar surface area (TPSA) is 65.5 Å². The van der Waals surface area contributed by atoms with Gasteiger partial charge < -0.3 is 10.4 Å². The van der Waals surface area contributed by atoms with Gasteiger partial charge >= 0.3 is 5.97 Å². The van der Waals surface area contributed by atoms with Gasteiger partial charge in [-0.05, 0) is 38.4 Å². The molecule has 1 aromatic carbocycles. The molecule has 0 saturated heterocycles. The van der Waals surface area contributed by atoms with Crippen LogP contribution in [0.2, 0.25) is 0 Å². The van der Waals surface area contributed by atoms with Crippen molar-refractivity contribution in [3.05, 3.63) is 35.8 Å². The van der Waals surface area contributed by atoms with Gasteiger partial charge in [0.15, 0.2) is 0 Å². The number of pyridine rings is 1. The second-order valence-electron chi connectivity index (χ2n) is 6.37. The Kier molecular flexibility index (Phi) is 4.66. The number of halogens is 1. The van der Waals surface area contributed by atoms with Crippen molar-refractivity contribution in [2.75, 3.05) is 18.4 Å². The number of carboxylic acids is 1. The zero-order valence-corrected chi connectivity index (χ0v) is 13.9. The highest BCUT2D eigenvalue weighted by Crippen LogP contribution is 2.32. The fourth-order valence-corrected chi connectivity index (χ4v) is 3.36. The van der Waals surface area contributed by atoms with Gasteiger partial charge in [-0.25, -0.2) is 9.37 Å². The number of carboxylic acid groups (broad SMARTS) is 1. The van der Waals surface area contributed by atoms with Crippen LogP contribution in [-0.4, -0.2) is 46.1 Å². The van der Waals surface area contributed by atoms with Crippen LogP contribution in [0.15, 0.2) is 24.3 Å². The molecule has 1 fully saturated rings. The van der Waals surface area contributed by atoms with Crippen LogP contribution in [0, 0.1) is 12.7 Å². The number of carbonyl (C=O) groups is 1. The summed E-state index contributed by atoms with van der Waals surface area (Å²) in [5, 5.41) is 13.2. The summed E-state index contributed by atoms with van der Waals surface area (Å²) < 4.78 is 14.0. The van der Waals surface area contributed by atoms with Crippen molar-refractivity contribution in [1.82, 2.24) is 9.88 Å². The summed E-state index contributed by atoms with van der Waals surface area (Å²) in [5.41, 5.74) is 2.05. The smallest absolute Gasteiger partial charge is 0.317 e. The monoisotopic (exact) mass is 331 g/mol. The lowest BCUT2D eigenvalue weighted by Gasteiger charge is -2.42. The number of aryl methyl sites for hydroxylation is 1. The first kappa shape index (κ1) is 16.6. The molecule has 0 unspecified atom stereocenters. The third kappa shape index (κ3) is 3.33. The summed E-state index contributed by atoms with van der Waals surface area (Å²) in [6.45, 7) is 4.64. The Hall–Kier alpha value is -2.21. The molecule has 1 heterocycles. The lowest BCUT2D eigenvalue weighted by Crippen LogP contribution is -2.51. The van der Waals surface area contributed by atoms with E-state index in [1.54, 1.807) is 6.07 Å². The predicted octanol–water partition coefficient (Wildman–Crippen LogP) is 3.03. The summed E-state index contributed by atoms with van der Waals surface area (Å²) in [5.74, 6) is -1.11. The fraction of sp³-hybridized carbons (Fsp3) is 0.444. The van der Waals surface area contributed by atoms with Crippen LogP contribution in [0.5, 0.6) is 0 Å². The number of fused-ring (bicyclic) bond motifs is 1. The van der Waals surface area contributed by atoms with E-state index in [0.29, 0.717) is 5.52 Å². The van der Waals surface area contributed by atoms with Gasteiger partial charge in [0.1, 0.15) is 11.3 Å². The number of rotatable bonds is 6. The summed E-state index contributed by atoms with van der Waals surface area (Å²) in [4.78, 5) is 17.2. The van der Waals surface area contributed by atoms with E-state index >= 15 is 0 Å². The highest BCUT2D eigenvalue weighted by atomic mass is 19.1. The molecular formula is C18H22FN3O2. The molecule has 1 aromatic heterocycles. The van der Waals surface area contributed by atoms with Gasteiger partial charge in [-0.15, -0.1) is 0 Å². The van der Waals surface area contributed by atoms with Gasteiger partial charge in [0.25, 0.3) is 0 Å². The van der Waals surface area contributed by atoms with E-state index in [-0.39, 0.29) is 24.4 Å². The van der Waals surface area contributed by atoms with Crippen LogP contribution in [0.25, 0.3) is 10.9 Å². The number of anilines is 1. The van der Waals surface area contributed by atoms with Gasteiger partial charge in [0.2, 0.25) is 0 Å². The molecule has 0 atom stereocenters. The largest absolute Gasteiger partial charge is 0.480 e. The molecular weight excluding hydrogens is 309 g/mol.